The number of hydrogen-bond donors (Lipinski definition) is 0. The largest absolute Gasteiger partial charge is 0.384 e. The predicted molar refractivity (Wildman–Crippen MR) is 60.3 cm³/mol. The predicted octanol–water partition coefficient (Wildman–Crippen LogP) is 3.61. The fraction of sp³-hybridized carbons (Fsp3) is 1.00. The summed E-state index contributed by atoms with van der Waals surface area (Å²) in [5, 5.41) is 0. The number of halogens is 1. The quantitative estimate of drug-likeness (QED) is 0.548. The highest BCUT2D eigenvalue weighted by Crippen LogP contribution is 2.33. The van der Waals surface area contributed by atoms with Crippen LogP contribution < -0.4 is 0 Å². The van der Waals surface area contributed by atoms with Crippen LogP contribution in [0, 0.1) is 11.8 Å². The first kappa shape index (κ1) is 11.5. The Bertz CT molecular complexity index is 138. The molecule has 0 saturated heterocycles. The summed E-state index contributed by atoms with van der Waals surface area (Å²) in [7, 11) is 1.80. The molecular formula is C11H21BrO. The SMILES string of the molecule is COCC(C)C1CCCCCC1Br. The smallest absolute Gasteiger partial charge is 0.0490 e. The summed E-state index contributed by atoms with van der Waals surface area (Å²) in [5.74, 6) is 1.52. The van der Waals surface area contributed by atoms with Gasteiger partial charge in [-0.1, -0.05) is 42.1 Å². The standard InChI is InChI=1S/C11H21BrO/c1-9(8-13-2)10-6-4-3-5-7-11(10)12/h9-11H,3-8H2,1-2H3. The third-order valence-corrected chi connectivity index (χ3v) is 4.28. The van der Waals surface area contributed by atoms with E-state index in [2.05, 4.69) is 22.9 Å². The van der Waals surface area contributed by atoms with Crippen molar-refractivity contribution in [2.45, 2.75) is 43.9 Å². The molecule has 0 heterocycles. The van der Waals surface area contributed by atoms with Crippen molar-refractivity contribution < 1.29 is 4.74 Å². The van der Waals surface area contributed by atoms with Crippen LogP contribution in [-0.4, -0.2) is 18.5 Å². The molecule has 3 unspecified atom stereocenters. The Hall–Kier alpha value is 0.440. The summed E-state index contributed by atoms with van der Waals surface area (Å²) in [5.41, 5.74) is 0. The van der Waals surface area contributed by atoms with Gasteiger partial charge in [0.1, 0.15) is 0 Å². The first-order valence-electron chi connectivity index (χ1n) is 5.38. The second kappa shape index (κ2) is 6.02. The van der Waals surface area contributed by atoms with Crippen LogP contribution in [0.1, 0.15) is 39.0 Å². The van der Waals surface area contributed by atoms with E-state index in [1.54, 1.807) is 7.11 Å². The van der Waals surface area contributed by atoms with Gasteiger partial charge in [-0.2, -0.15) is 0 Å². The molecule has 0 aliphatic heterocycles. The average molecular weight is 249 g/mol. The van der Waals surface area contributed by atoms with E-state index in [0.717, 1.165) is 17.4 Å². The van der Waals surface area contributed by atoms with Gasteiger partial charge < -0.3 is 4.74 Å². The summed E-state index contributed by atoms with van der Waals surface area (Å²) in [6.45, 7) is 3.22. The van der Waals surface area contributed by atoms with Crippen molar-refractivity contribution in [2.24, 2.45) is 11.8 Å². The van der Waals surface area contributed by atoms with Gasteiger partial charge in [-0.05, 0) is 24.7 Å². The van der Waals surface area contributed by atoms with E-state index in [-0.39, 0.29) is 0 Å². The molecule has 0 amide bonds. The molecule has 13 heavy (non-hydrogen) atoms. The molecule has 3 atom stereocenters. The number of alkyl halides is 1. The molecule has 0 bridgehead atoms. The minimum Gasteiger partial charge on any atom is -0.384 e. The monoisotopic (exact) mass is 248 g/mol. The van der Waals surface area contributed by atoms with Crippen LogP contribution in [0.5, 0.6) is 0 Å². The van der Waals surface area contributed by atoms with Crippen LogP contribution >= 0.6 is 15.9 Å². The maximum atomic E-state index is 5.23. The van der Waals surface area contributed by atoms with E-state index in [0.29, 0.717) is 5.92 Å². The Kier molecular flexibility index (Phi) is 5.34. The highest BCUT2D eigenvalue weighted by molar-refractivity contribution is 9.09. The summed E-state index contributed by atoms with van der Waals surface area (Å²) >= 11 is 3.82. The van der Waals surface area contributed by atoms with Crippen molar-refractivity contribution in [1.29, 1.82) is 0 Å². The number of hydrogen-bond acceptors (Lipinski definition) is 1. The second-order valence-corrected chi connectivity index (χ2v) is 5.43. The van der Waals surface area contributed by atoms with Gasteiger partial charge >= 0.3 is 0 Å². The molecule has 1 aliphatic carbocycles. The summed E-state index contributed by atoms with van der Waals surface area (Å²) in [4.78, 5) is 0.722. The van der Waals surface area contributed by atoms with E-state index in [1.807, 2.05) is 0 Å². The van der Waals surface area contributed by atoms with Crippen LogP contribution in [0.2, 0.25) is 0 Å². The molecule has 0 spiro atoms. The zero-order valence-electron chi connectivity index (χ0n) is 8.76. The average Bonchev–Trinajstić information content (AvgIpc) is 2.30. The van der Waals surface area contributed by atoms with E-state index in [4.69, 9.17) is 4.74 Å². The molecule has 0 radical (unpaired) electrons. The molecule has 0 aromatic rings. The molecule has 1 nitrogen and oxygen atoms in total. The van der Waals surface area contributed by atoms with Gasteiger partial charge in [-0.3, -0.25) is 0 Å². The van der Waals surface area contributed by atoms with Crippen molar-refractivity contribution in [2.75, 3.05) is 13.7 Å². The van der Waals surface area contributed by atoms with Crippen LogP contribution in [0.15, 0.2) is 0 Å². The van der Waals surface area contributed by atoms with Crippen molar-refractivity contribution in [3.05, 3.63) is 0 Å². The summed E-state index contributed by atoms with van der Waals surface area (Å²) in [6.07, 6.45) is 6.93. The van der Waals surface area contributed by atoms with E-state index in [1.165, 1.54) is 32.1 Å². The van der Waals surface area contributed by atoms with Gasteiger partial charge in [0.25, 0.3) is 0 Å². The van der Waals surface area contributed by atoms with Crippen molar-refractivity contribution in [3.8, 4) is 0 Å². The minimum atomic E-state index is 0.701. The summed E-state index contributed by atoms with van der Waals surface area (Å²) < 4.78 is 5.23. The normalized spacial score (nSPS) is 32.5. The molecule has 0 N–H and O–H groups in total. The molecule has 1 rings (SSSR count). The minimum absolute atomic E-state index is 0.701. The van der Waals surface area contributed by atoms with Crippen LogP contribution in [-0.2, 0) is 4.74 Å². The van der Waals surface area contributed by atoms with Gasteiger partial charge in [0, 0.05) is 18.5 Å². The van der Waals surface area contributed by atoms with E-state index >= 15 is 0 Å². The van der Waals surface area contributed by atoms with Crippen molar-refractivity contribution >= 4 is 15.9 Å². The lowest BCUT2D eigenvalue weighted by Crippen LogP contribution is -2.24. The van der Waals surface area contributed by atoms with Crippen LogP contribution in [0.25, 0.3) is 0 Å². The van der Waals surface area contributed by atoms with Gasteiger partial charge in [0.2, 0.25) is 0 Å². The Balaban J connectivity index is 2.43. The number of rotatable bonds is 3. The fourth-order valence-electron chi connectivity index (χ4n) is 2.32. The molecular weight excluding hydrogens is 228 g/mol. The maximum absolute atomic E-state index is 5.23. The fourth-order valence-corrected chi connectivity index (χ4v) is 3.43. The zero-order valence-corrected chi connectivity index (χ0v) is 10.3. The third-order valence-electron chi connectivity index (χ3n) is 3.14. The number of methoxy groups -OCH3 is 1. The maximum Gasteiger partial charge on any atom is 0.0490 e. The molecule has 2 heteroatoms. The molecule has 1 fully saturated rings. The van der Waals surface area contributed by atoms with Gasteiger partial charge in [-0.15, -0.1) is 0 Å². The molecule has 1 aliphatic rings. The Morgan fingerprint density at radius 1 is 1.31 bits per heavy atom. The topological polar surface area (TPSA) is 9.23 Å². The van der Waals surface area contributed by atoms with Crippen molar-refractivity contribution in [3.63, 3.8) is 0 Å². The first-order valence-corrected chi connectivity index (χ1v) is 6.30. The van der Waals surface area contributed by atoms with Crippen LogP contribution in [0.4, 0.5) is 0 Å². The number of ether oxygens (including phenoxy) is 1. The molecule has 78 valence electrons. The Labute approximate surface area is 90.4 Å². The lowest BCUT2D eigenvalue weighted by molar-refractivity contribution is 0.126. The first-order chi connectivity index (χ1) is 6.25. The second-order valence-electron chi connectivity index (χ2n) is 4.25. The molecule has 0 aromatic heterocycles. The van der Waals surface area contributed by atoms with E-state index < -0.39 is 0 Å². The third kappa shape index (κ3) is 3.59. The van der Waals surface area contributed by atoms with Gasteiger partial charge in [-0.25, -0.2) is 0 Å². The van der Waals surface area contributed by atoms with Gasteiger partial charge in [0.05, 0.1) is 0 Å². The van der Waals surface area contributed by atoms with Crippen molar-refractivity contribution in [1.82, 2.24) is 0 Å². The molecule has 0 aromatic carbocycles. The van der Waals surface area contributed by atoms with E-state index in [9.17, 15) is 0 Å². The lowest BCUT2D eigenvalue weighted by Gasteiger charge is -2.26. The van der Waals surface area contributed by atoms with Gasteiger partial charge in [0.15, 0.2) is 0 Å². The highest BCUT2D eigenvalue weighted by Gasteiger charge is 2.26. The zero-order chi connectivity index (χ0) is 9.68. The molecule has 1 saturated carbocycles. The summed E-state index contributed by atoms with van der Waals surface area (Å²) in [6, 6.07) is 0. The Morgan fingerprint density at radius 3 is 2.69 bits per heavy atom. The Morgan fingerprint density at radius 2 is 2.00 bits per heavy atom. The lowest BCUT2D eigenvalue weighted by atomic mass is 9.88. The highest BCUT2D eigenvalue weighted by atomic mass is 79.9. The van der Waals surface area contributed by atoms with Crippen LogP contribution in [0.3, 0.4) is 0 Å².